The summed E-state index contributed by atoms with van der Waals surface area (Å²) < 4.78 is 5.85. The summed E-state index contributed by atoms with van der Waals surface area (Å²) in [5.41, 5.74) is 2.73. The van der Waals surface area contributed by atoms with Crippen LogP contribution in [0.25, 0.3) is 5.69 Å². The average Bonchev–Trinajstić information content (AvgIpc) is 3.23. The van der Waals surface area contributed by atoms with E-state index in [4.69, 9.17) is 4.74 Å². The van der Waals surface area contributed by atoms with Crippen molar-refractivity contribution < 1.29 is 9.53 Å². The number of ether oxygens (including phenoxy) is 1. The van der Waals surface area contributed by atoms with Gasteiger partial charge < -0.3 is 10.1 Å². The molecule has 1 heterocycles. The number of anilines is 1. The van der Waals surface area contributed by atoms with Crippen molar-refractivity contribution in [3.05, 3.63) is 102 Å². The number of carbonyl (C=O) groups is 1. The highest BCUT2D eigenvalue weighted by Crippen LogP contribution is 2.21. The molecule has 0 fully saturated rings. The average molecular weight is 370 g/mol. The minimum absolute atomic E-state index is 0.211. The number of amides is 1. The van der Waals surface area contributed by atoms with Gasteiger partial charge in [-0.05, 0) is 36.4 Å². The molecular weight excluding hydrogens is 352 g/mol. The molecule has 4 aromatic rings. The highest BCUT2D eigenvalue weighted by atomic mass is 16.5. The van der Waals surface area contributed by atoms with Crippen molar-refractivity contribution in [2.75, 3.05) is 5.32 Å². The molecule has 0 aliphatic heterocycles. The van der Waals surface area contributed by atoms with E-state index in [-0.39, 0.29) is 12.5 Å². The maximum absolute atomic E-state index is 12.6. The number of hydrogen-bond donors (Lipinski definition) is 1. The van der Waals surface area contributed by atoms with Gasteiger partial charge in [0.2, 0.25) is 0 Å². The standard InChI is InChI=1S/C22H18N4O2/c27-22(24-17-9-3-1-4-10-17)20-13-7-8-14-21(20)28-16-18-15-23-26(25-18)19-11-5-2-6-12-19/h1-15H,16H2,(H,24,27). The molecule has 4 rings (SSSR count). The maximum atomic E-state index is 12.6. The summed E-state index contributed by atoms with van der Waals surface area (Å²) in [7, 11) is 0. The van der Waals surface area contributed by atoms with Crippen molar-refractivity contribution in [1.29, 1.82) is 0 Å². The molecule has 6 heteroatoms. The van der Waals surface area contributed by atoms with E-state index in [2.05, 4.69) is 15.5 Å². The van der Waals surface area contributed by atoms with Gasteiger partial charge in [0.25, 0.3) is 5.91 Å². The molecule has 1 N–H and O–H groups in total. The number of nitrogens with zero attached hydrogens (tertiary/aromatic N) is 3. The van der Waals surface area contributed by atoms with E-state index < -0.39 is 0 Å². The molecule has 0 bridgehead atoms. The predicted molar refractivity (Wildman–Crippen MR) is 107 cm³/mol. The molecule has 0 saturated heterocycles. The van der Waals surface area contributed by atoms with Crippen molar-refractivity contribution in [1.82, 2.24) is 15.0 Å². The van der Waals surface area contributed by atoms with Gasteiger partial charge in [0, 0.05) is 5.69 Å². The second kappa shape index (κ2) is 8.18. The number of benzene rings is 3. The second-order valence-electron chi connectivity index (χ2n) is 6.07. The van der Waals surface area contributed by atoms with Crippen molar-refractivity contribution in [2.24, 2.45) is 0 Å². The van der Waals surface area contributed by atoms with Crippen LogP contribution in [-0.4, -0.2) is 20.9 Å². The van der Waals surface area contributed by atoms with E-state index in [0.29, 0.717) is 17.0 Å². The van der Waals surface area contributed by atoms with Crippen LogP contribution in [0.1, 0.15) is 16.1 Å². The van der Waals surface area contributed by atoms with Crippen LogP contribution < -0.4 is 10.1 Å². The van der Waals surface area contributed by atoms with Crippen molar-refractivity contribution in [3.8, 4) is 11.4 Å². The Hall–Kier alpha value is -3.93. The second-order valence-corrected chi connectivity index (χ2v) is 6.07. The van der Waals surface area contributed by atoms with Gasteiger partial charge in [-0.1, -0.05) is 48.5 Å². The Morgan fingerprint density at radius 3 is 2.36 bits per heavy atom. The Morgan fingerprint density at radius 1 is 0.893 bits per heavy atom. The van der Waals surface area contributed by atoms with Crippen LogP contribution in [0.2, 0.25) is 0 Å². The molecule has 0 radical (unpaired) electrons. The number of rotatable bonds is 6. The number of para-hydroxylation sites is 3. The number of aromatic nitrogens is 3. The van der Waals surface area contributed by atoms with Gasteiger partial charge in [0.05, 0.1) is 17.4 Å². The molecule has 0 saturated carbocycles. The summed E-state index contributed by atoms with van der Waals surface area (Å²) in [4.78, 5) is 14.2. The maximum Gasteiger partial charge on any atom is 0.259 e. The van der Waals surface area contributed by atoms with E-state index in [1.54, 1.807) is 29.2 Å². The quantitative estimate of drug-likeness (QED) is 0.555. The van der Waals surface area contributed by atoms with Gasteiger partial charge in [-0.2, -0.15) is 9.90 Å². The first-order valence-corrected chi connectivity index (χ1v) is 8.84. The van der Waals surface area contributed by atoms with E-state index in [9.17, 15) is 4.79 Å². The Morgan fingerprint density at radius 2 is 1.57 bits per heavy atom. The molecule has 0 aliphatic rings. The summed E-state index contributed by atoms with van der Waals surface area (Å²) in [6, 6.07) is 26.1. The molecular formula is C22H18N4O2. The van der Waals surface area contributed by atoms with E-state index >= 15 is 0 Å². The van der Waals surface area contributed by atoms with Gasteiger partial charge in [-0.25, -0.2) is 0 Å². The fourth-order valence-corrected chi connectivity index (χ4v) is 2.70. The predicted octanol–water partition coefficient (Wildman–Crippen LogP) is 4.10. The summed E-state index contributed by atoms with van der Waals surface area (Å²) in [5, 5.41) is 11.5. The zero-order chi connectivity index (χ0) is 19.2. The van der Waals surface area contributed by atoms with Crippen molar-refractivity contribution in [2.45, 2.75) is 6.61 Å². The third kappa shape index (κ3) is 4.07. The molecule has 3 aromatic carbocycles. The Kier molecular flexibility index (Phi) is 5.11. The number of hydrogen-bond acceptors (Lipinski definition) is 4. The molecule has 0 spiro atoms. The SMILES string of the molecule is O=C(Nc1ccccc1)c1ccccc1OCc1cnn(-c2ccccc2)n1. The Balaban J connectivity index is 1.46. The smallest absolute Gasteiger partial charge is 0.259 e. The lowest BCUT2D eigenvalue weighted by Crippen LogP contribution is -2.13. The van der Waals surface area contributed by atoms with Gasteiger partial charge >= 0.3 is 0 Å². The zero-order valence-corrected chi connectivity index (χ0v) is 15.0. The summed E-state index contributed by atoms with van der Waals surface area (Å²) in [6.45, 7) is 0.211. The first-order valence-electron chi connectivity index (χ1n) is 8.84. The lowest BCUT2D eigenvalue weighted by atomic mass is 10.2. The van der Waals surface area contributed by atoms with Gasteiger partial charge in [0.1, 0.15) is 18.1 Å². The monoisotopic (exact) mass is 370 g/mol. The molecule has 1 aromatic heterocycles. The number of carbonyl (C=O) groups excluding carboxylic acids is 1. The van der Waals surface area contributed by atoms with E-state index in [0.717, 1.165) is 11.4 Å². The molecule has 1 amide bonds. The highest BCUT2D eigenvalue weighted by molar-refractivity contribution is 6.06. The first-order chi connectivity index (χ1) is 13.8. The van der Waals surface area contributed by atoms with E-state index in [1.807, 2.05) is 66.7 Å². The Bertz CT molecular complexity index is 1060. The van der Waals surface area contributed by atoms with Crippen LogP contribution in [-0.2, 0) is 6.61 Å². The van der Waals surface area contributed by atoms with Crippen molar-refractivity contribution in [3.63, 3.8) is 0 Å². The fraction of sp³-hybridized carbons (Fsp3) is 0.0455. The van der Waals surface area contributed by atoms with Gasteiger partial charge in [-0.3, -0.25) is 4.79 Å². The van der Waals surface area contributed by atoms with Crippen LogP contribution in [0.5, 0.6) is 5.75 Å². The first kappa shape index (κ1) is 17.5. The van der Waals surface area contributed by atoms with Gasteiger partial charge in [0.15, 0.2) is 0 Å². The molecule has 0 atom stereocenters. The molecule has 0 aliphatic carbocycles. The molecule has 28 heavy (non-hydrogen) atoms. The molecule has 138 valence electrons. The van der Waals surface area contributed by atoms with Crippen molar-refractivity contribution >= 4 is 11.6 Å². The molecule has 6 nitrogen and oxygen atoms in total. The van der Waals surface area contributed by atoms with Crippen LogP contribution >= 0.6 is 0 Å². The fourth-order valence-electron chi connectivity index (χ4n) is 2.70. The Labute approximate surface area is 162 Å². The van der Waals surface area contributed by atoms with Crippen LogP contribution in [0.3, 0.4) is 0 Å². The lowest BCUT2D eigenvalue weighted by molar-refractivity contribution is 0.102. The minimum atomic E-state index is -0.227. The zero-order valence-electron chi connectivity index (χ0n) is 15.0. The largest absolute Gasteiger partial charge is 0.486 e. The number of nitrogens with one attached hydrogen (secondary N) is 1. The lowest BCUT2D eigenvalue weighted by Gasteiger charge is -2.11. The third-order valence-corrected chi connectivity index (χ3v) is 4.07. The van der Waals surface area contributed by atoms with Gasteiger partial charge in [-0.15, -0.1) is 5.10 Å². The van der Waals surface area contributed by atoms with Crippen LogP contribution in [0, 0.1) is 0 Å². The third-order valence-electron chi connectivity index (χ3n) is 4.07. The minimum Gasteiger partial charge on any atom is -0.486 e. The van der Waals surface area contributed by atoms with Crippen LogP contribution in [0.4, 0.5) is 5.69 Å². The van der Waals surface area contributed by atoms with E-state index in [1.165, 1.54) is 0 Å². The van der Waals surface area contributed by atoms with Crippen LogP contribution in [0.15, 0.2) is 91.1 Å². The highest BCUT2D eigenvalue weighted by Gasteiger charge is 2.13. The topological polar surface area (TPSA) is 69.0 Å². The molecule has 0 unspecified atom stereocenters. The summed E-state index contributed by atoms with van der Waals surface area (Å²) >= 11 is 0. The summed E-state index contributed by atoms with van der Waals surface area (Å²) in [5.74, 6) is 0.264. The normalized spacial score (nSPS) is 10.4. The summed E-state index contributed by atoms with van der Waals surface area (Å²) in [6.07, 6.45) is 1.65.